The first-order valence-corrected chi connectivity index (χ1v) is 15.3. The summed E-state index contributed by atoms with van der Waals surface area (Å²) in [6, 6.07) is 5.65. The molecular weight excluding hydrogens is 660 g/mol. The number of hydrogen-bond acceptors (Lipinski definition) is 11. The molecule has 0 spiro atoms. The molecule has 20 nitrogen and oxygen atoms in total. The molecule has 0 aliphatic heterocycles. The fourth-order valence-electron chi connectivity index (χ4n) is 4.49. The lowest BCUT2D eigenvalue weighted by atomic mass is 10.2. The molecule has 258 valence electrons. The third-order valence-corrected chi connectivity index (χ3v) is 7.54. The highest BCUT2D eigenvalue weighted by molar-refractivity contribution is 7.89. The topological polar surface area (TPSA) is 289 Å². The van der Waals surface area contributed by atoms with Crippen molar-refractivity contribution < 1.29 is 57.6 Å². The van der Waals surface area contributed by atoms with Gasteiger partial charge in [-0.05, 0) is 17.7 Å². The maximum Gasteiger partial charge on any atom is 0.323 e. The zero-order valence-corrected chi connectivity index (χ0v) is 26.0. The molecule has 2 amide bonds. The van der Waals surface area contributed by atoms with Crippen LogP contribution in [0.1, 0.15) is 17.2 Å². The Morgan fingerprint density at radius 3 is 1.35 bits per heavy atom. The summed E-state index contributed by atoms with van der Waals surface area (Å²) in [6.07, 6.45) is 5.62. The average molecular weight is 693 g/mol. The van der Waals surface area contributed by atoms with E-state index in [1.165, 1.54) is 58.2 Å². The van der Waals surface area contributed by atoms with Gasteiger partial charge in [-0.3, -0.25) is 33.7 Å². The number of nitrogens with zero attached hydrogens (tertiary/aromatic N) is 7. The van der Waals surface area contributed by atoms with Crippen molar-refractivity contribution in [1.29, 1.82) is 0 Å². The maximum absolute atomic E-state index is 12.9. The van der Waals surface area contributed by atoms with Crippen molar-refractivity contribution in [2.75, 3.05) is 26.2 Å². The van der Waals surface area contributed by atoms with Crippen LogP contribution in [0.3, 0.4) is 0 Å². The lowest BCUT2D eigenvalue weighted by Gasteiger charge is -2.24. The fraction of sp³-hybridized carbons (Fsp3) is 0.333. The summed E-state index contributed by atoms with van der Waals surface area (Å²) in [7, 11) is -3.97. The van der Waals surface area contributed by atoms with Crippen molar-refractivity contribution in [2.45, 2.75) is 37.6 Å². The molecule has 0 fully saturated rings. The van der Waals surface area contributed by atoms with E-state index in [0.29, 0.717) is 27.0 Å². The number of carbonyl (C=O) groups excluding carboxylic acids is 2. The second-order valence-corrected chi connectivity index (χ2v) is 11.9. The molecule has 2 aromatic heterocycles. The van der Waals surface area contributed by atoms with E-state index >= 15 is 0 Å². The number of imidazole rings is 2. The van der Waals surface area contributed by atoms with Crippen molar-refractivity contribution in [3.63, 3.8) is 0 Å². The number of aliphatic carboxylic acids is 4. The van der Waals surface area contributed by atoms with Gasteiger partial charge in [-0.2, -0.15) is 0 Å². The van der Waals surface area contributed by atoms with Crippen LogP contribution < -0.4 is 5.14 Å². The van der Waals surface area contributed by atoms with E-state index in [9.17, 15) is 37.2 Å². The summed E-state index contributed by atoms with van der Waals surface area (Å²) < 4.78 is 26.2. The van der Waals surface area contributed by atoms with Crippen LogP contribution in [0.2, 0.25) is 0 Å². The molecule has 0 radical (unpaired) electrons. The van der Waals surface area contributed by atoms with Gasteiger partial charge in [0, 0.05) is 31.3 Å². The average Bonchev–Trinajstić information content (AvgIpc) is 3.59. The minimum absolute atomic E-state index is 0.0000396. The van der Waals surface area contributed by atoms with Crippen molar-refractivity contribution in [1.82, 2.24) is 33.8 Å². The van der Waals surface area contributed by atoms with Gasteiger partial charge in [-0.15, -0.1) is 0 Å². The number of aromatic nitrogens is 4. The lowest BCUT2D eigenvalue weighted by Crippen LogP contribution is -2.41. The van der Waals surface area contributed by atoms with Gasteiger partial charge in [0.25, 0.3) is 0 Å². The molecule has 0 aliphatic carbocycles. The van der Waals surface area contributed by atoms with Crippen LogP contribution in [0, 0.1) is 0 Å². The van der Waals surface area contributed by atoms with Crippen molar-refractivity contribution in [3.8, 4) is 0 Å². The number of carboxylic acids is 4. The highest BCUT2D eigenvalue weighted by atomic mass is 32.2. The Hall–Kier alpha value is -5.67. The largest absolute Gasteiger partial charge is 0.480 e. The number of carbonyl (C=O) groups is 6. The predicted octanol–water partition coefficient (Wildman–Crippen LogP) is -2.07. The molecule has 0 unspecified atom stereocenters. The minimum atomic E-state index is -3.97. The van der Waals surface area contributed by atoms with Gasteiger partial charge in [-0.1, -0.05) is 12.1 Å². The van der Waals surface area contributed by atoms with Crippen LogP contribution in [-0.2, 0) is 71.5 Å². The van der Waals surface area contributed by atoms with E-state index < -0.39 is 85.0 Å². The molecule has 21 heteroatoms. The van der Waals surface area contributed by atoms with E-state index in [-0.39, 0.29) is 24.5 Å². The van der Waals surface area contributed by atoms with Crippen LogP contribution in [0.4, 0.5) is 0 Å². The Morgan fingerprint density at radius 2 is 1.02 bits per heavy atom. The first-order chi connectivity index (χ1) is 22.5. The van der Waals surface area contributed by atoms with Crippen LogP contribution in [0.5, 0.6) is 0 Å². The van der Waals surface area contributed by atoms with E-state index in [1.807, 2.05) is 0 Å². The quantitative estimate of drug-likeness (QED) is 0.0901. The third kappa shape index (κ3) is 11.3. The number of benzene rings is 1. The zero-order valence-electron chi connectivity index (χ0n) is 25.2. The monoisotopic (exact) mass is 692 g/mol. The lowest BCUT2D eigenvalue weighted by molar-refractivity contribution is -0.150. The summed E-state index contributed by atoms with van der Waals surface area (Å²) in [5.41, 5.74) is 0.606. The van der Waals surface area contributed by atoms with Gasteiger partial charge < -0.3 is 39.4 Å². The predicted molar refractivity (Wildman–Crippen MR) is 159 cm³/mol. The number of nitrogens with two attached hydrogens (primary N) is 1. The van der Waals surface area contributed by atoms with E-state index in [1.54, 1.807) is 4.90 Å². The van der Waals surface area contributed by atoms with Crippen molar-refractivity contribution >= 4 is 45.7 Å². The van der Waals surface area contributed by atoms with E-state index in [4.69, 9.17) is 25.6 Å². The first-order valence-electron chi connectivity index (χ1n) is 13.8. The Balaban J connectivity index is 1.89. The van der Waals surface area contributed by atoms with Gasteiger partial charge in [-0.25, -0.2) is 23.5 Å². The molecule has 1 aromatic carbocycles. The summed E-state index contributed by atoms with van der Waals surface area (Å²) in [6.45, 7) is -4.12. The summed E-state index contributed by atoms with van der Waals surface area (Å²) in [5.74, 6) is -6.64. The van der Waals surface area contributed by atoms with Gasteiger partial charge in [0.1, 0.15) is 50.9 Å². The number of sulfonamides is 1. The van der Waals surface area contributed by atoms with E-state index in [2.05, 4.69) is 9.97 Å². The third-order valence-electron chi connectivity index (χ3n) is 6.61. The maximum atomic E-state index is 12.9. The second kappa shape index (κ2) is 16.2. The van der Waals surface area contributed by atoms with Gasteiger partial charge in [0.05, 0.1) is 18.0 Å². The van der Waals surface area contributed by atoms with Crippen LogP contribution in [0.15, 0.2) is 53.9 Å². The zero-order chi connectivity index (χ0) is 35.6. The molecule has 3 rings (SSSR count). The van der Waals surface area contributed by atoms with Crippen LogP contribution in [0.25, 0.3) is 0 Å². The first kappa shape index (κ1) is 36.8. The molecule has 6 N–H and O–H groups in total. The van der Waals surface area contributed by atoms with Crippen molar-refractivity contribution in [3.05, 3.63) is 66.3 Å². The minimum Gasteiger partial charge on any atom is -0.480 e. The van der Waals surface area contributed by atoms with Crippen LogP contribution >= 0.6 is 0 Å². The number of primary sulfonamides is 1. The van der Waals surface area contributed by atoms with Gasteiger partial charge in [0.15, 0.2) is 0 Å². The number of hydrogen-bond donors (Lipinski definition) is 5. The molecule has 48 heavy (non-hydrogen) atoms. The van der Waals surface area contributed by atoms with Gasteiger partial charge in [0.2, 0.25) is 21.8 Å². The SMILES string of the molecule is NS(=O)(=O)c1ccc(CN(Cc2nccn2CC(=O)N(CC(=O)O)CC(=O)O)Cc2nccn2CC(=O)N(CC(=O)O)CC(=O)O)cc1. The standard InChI is InChI=1S/C27H32N8O12S/c28-48(46,47)19-3-1-18(2-4-19)9-31(10-20-29-5-7-32(20)12-22(36)34(14-24(38)39)15-25(40)41)11-21-30-6-8-33(21)13-23(37)35(16-26(42)43)17-27(44)45/h1-8H,9-17H2,(H,38,39)(H,40,41)(H,42,43)(H,44,45)(H2,28,46,47). The Labute approximate surface area is 272 Å². The summed E-state index contributed by atoms with van der Waals surface area (Å²) >= 11 is 0. The summed E-state index contributed by atoms with van der Waals surface area (Å²) in [4.78, 5) is 82.0. The second-order valence-electron chi connectivity index (χ2n) is 10.4. The molecule has 0 atom stereocenters. The fourth-order valence-corrected chi connectivity index (χ4v) is 5.01. The number of rotatable bonds is 19. The van der Waals surface area contributed by atoms with E-state index in [0.717, 1.165) is 0 Å². The highest BCUT2D eigenvalue weighted by Gasteiger charge is 2.24. The molecule has 0 aliphatic rings. The molecule has 2 heterocycles. The number of amides is 2. The molecule has 3 aromatic rings. The summed E-state index contributed by atoms with van der Waals surface area (Å²) in [5, 5.41) is 41.7. The Bertz CT molecular complexity index is 1650. The Morgan fingerprint density at radius 1 is 0.646 bits per heavy atom. The highest BCUT2D eigenvalue weighted by Crippen LogP contribution is 2.16. The normalized spacial score (nSPS) is 11.3. The number of carboxylic acid groups (broad SMARTS) is 4. The molecular formula is C27H32N8O12S. The molecule has 0 saturated carbocycles. The molecule has 0 saturated heterocycles. The van der Waals surface area contributed by atoms with Crippen LogP contribution in [-0.4, -0.2) is 125 Å². The smallest absolute Gasteiger partial charge is 0.323 e. The van der Waals surface area contributed by atoms with Gasteiger partial charge >= 0.3 is 23.9 Å². The van der Waals surface area contributed by atoms with Crippen molar-refractivity contribution in [2.24, 2.45) is 5.14 Å². The molecule has 0 bridgehead atoms. The Kier molecular flexibility index (Phi) is 12.5.